The van der Waals surface area contributed by atoms with Crippen LogP contribution in [0, 0.1) is 0 Å². The van der Waals surface area contributed by atoms with E-state index in [-0.39, 0.29) is 0 Å². The quantitative estimate of drug-likeness (QED) is 0.767. The molecule has 2 N–H and O–H groups in total. The fourth-order valence-electron chi connectivity index (χ4n) is 2.48. The van der Waals surface area contributed by atoms with E-state index in [0.717, 1.165) is 24.3 Å². The van der Waals surface area contributed by atoms with Crippen molar-refractivity contribution in [2.24, 2.45) is 0 Å². The van der Waals surface area contributed by atoms with E-state index < -0.39 is 0 Å². The number of nitrogens with two attached hydrogens (primary N) is 1. The Balaban J connectivity index is 2.02. The summed E-state index contributed by atoms with van der Waals surface area (Å²) in [6.45, 7) is 2.13. The first-order valence-electron chi connectivity index (χ1n) is 6.25. The molecule has 1 aliphatic heterocycles. The van der Waals surface area contributed by atoms with E-state index >= 15 is 0 Å². The summed E-state index contributed by atoms with van der Waals surface area (Å²) in [6, 6.07) is 5.83. The van der Waals surface area contributed by atoms with E-state index in [0.29, 0.717) is 11.3 Å². The highest BCUT2D eigenvalue weighted by molar-refractivity contribution is 5.95. The molecule has 0 radical (unpaired) electrons. The van der Waals surface area contributed by atoms with Crippen LogP contribution >= 0.6 is 0 Å². The molecule has 3 rings (SSSR count). The minimum atomic E-state index is 0.663. The molecule has 1 saturated heterocycles. The number of nitrogens with zero attached hydrogens (tertiary/aromatic N) is 2. The van der Waals surface area contributed by atoms with E-state index in [1.807, 2.05) is 18.2 Å². The minimum Gasteiger partial charge on any atom is -0.396 e. The maximum Gasteiger partial charge on any atom is 0.191 e. The van der Waals surface area contributed by atoms with Gasteiger partial charge in [-0.05, 0) is 25.0 Å². The van der Waals surface area contributed by atoms with Crippen molar-refractivity contribution in [1.82, 2.24) is 5.16 Å². The average Bonchev–Trinajstić information content (AvgIpc) is 2.59. The summed E-state index contributed by atoms with van der Waals surface area (Å²) in [4.78, 5) is 2.32. The summed E-state index contributed by atoms with van der Waals surface area (Å²) in [5.74, 6) is 0.953. The zero-order valence-corrected chi connectivity index (χ0v) is 9.85. The first-order chi connectivity index (χ1) is 8.36. The molecule has 4 heteroatoms. The lowest BCUT2D eigenvalue weighted by atomic mass is 10.2. The average molecular weight is 231 g/mol. The van der Waals surface area contributed by atoms with Crippen molar-refractivity contribution in [1.29, 1.82) is 0 Å². The fourth-order valence-corrected chi connectivity index (χ4v) is 2.48. The summed E-state index contributed by atoms with van der Waals surface area (Å²) in [7, 11) is 0. The molecule has 0 spiro atoms. The van der Waals surface area contributed by atoms with E-state index in [2.05, 4.69) is 10.1 Å². The van der Waals surface area contributed by atoms with Gasteiger partial charge in [0.2, 0.25) is 0 Å². The molecule has 4 nitrogen and oxygen atoms in total. The van der Waals surface area contributed by atoms with Gasteiger partial charge in [-0.25, -0.2) is 0 Å². The van der Waals surface area contributed by atoms with Crippen LogP contribution in [0.2, 0.25) is 0 Å². The van der Waals surface area contributed by atoms with Gasteiger partial charge in [-0.1, -0.05) is 24.1 Å². The van der Waals surface area contributed by atoms with Gasteiger partial charge in [0.15, 0.2) is 11.4 Å². The molecular weight excluding hydrogens is 214 g/mol. The third kappa shape index (κ3) is 1.84. The molecule has 0 unspecified atom stereocenters. The van der Waals surface area contributed by atoms with Gasteiger partial charge in [0, 0.05) is 13.1 Å². The van der Waals surface area contributed by atoms with Gasteiger partial charge in [0.05, 0.1) is 11.1 Å². The molecule has 0 aliphatic carbocycles. The van der Waals surface area contributed by atoms with E-state index in [9.17, 15) is 0 Å². The monoisotopic (exact) mass is 231 g/mol. The van der Waals surface area contributed by atoms with Crippen LogP contribution in [0.3, 0.4) is 0 Å². The highest BCUT2D eigenvalue weighted by atomic mass is 16.5. The third-order valence-electron chi connectivity index (χ3n) is 3.42. The molecule has 1 aromatic carbocycles. The zero-order valence-electron chi connectivity index (χ0n) is 9.85. The van der Waals surface area contributed by atoms with Crippen molar-refractivity contribution in [3.05, 3.63) is 18.2 Å². The molecule has 1 aliphatic rings. The van der Waals surface area contributed by atoms with Crippen LogP contribution in [0.5, 0.6) is 0 Å². The largest absolute Gasteiger partial charge is 0.396 e. The molecule has 2 heterocycles. The Hall–Kier alpha value is -1.71. The van der Waals surface area contributed by atoms with Crippen molar-refractivity contribution in [3.8, 4) is 0 Å². The number of hydrogen-bond acceptors (Lipinski definition) is 4. The van der Waals surface area contributed by atoms with E-state index in [1.54, 1.807) is 0 Å². The summed E-state index contributed by atoms with van der Waals surface area (Å²) < 4.78 is 5.36. The summed E-state index contributed by atoms with van der Waals surface area (Å²) in [5, 5.41) is 5.23. The highest BCUT2D eigenvalue weighted by Gasteiger charge is 2.17. The number of nitrogen functional groups attached to an aromatic ring is 1. The van der Waals surface area contributed by atoms with Gasteiger partial charge in [-0.3, -0.25) is 0 Å². The number of aromatic nitrogens is 1. The summed E-state index contributed by atoms with van der Waals surface area (Å²) in [6.07, 6.45) is 5.09. The number of para-hydroxylation sites is 1. The van der Waals surface area contributed by atoms with Crippen molar-refractivity contribution < 1.29 is 4.52 Å². The third-order valence-corrected chi connectivity index (χ3v) is 3.42. The second-order valence-electron chi connectivity index (χ2n) is 4.63. The lowest BCUT2D eigenvalue weighted by Gasteiger charge is -2.19. The second kappa shape index (κ2) is 4.28. The first-order valence-corrected chi connectivity index (χ1v) is 6.25. The standard InChI is InChI=1S/C13H17N3O/c14-11-7-5-6-10-12(11)17-15-13(10)16-8-3-1-2-4-9-16/h5-7H,1-4,8-9,14H2. The van der Waals surface area contributed by atoms with Crippen LogP contribution in [0.4, 0.5) is 11.5 Å². The van der Waals surface area contributed by atoms with Crippen LogP contribution in [-0.4, -0.2) is 18.2 Å². The summed E-state index contributed by atoms with van der Waals surface area (Å²) >= 11 is 0. The number of anilines is 2. The topological polar surface area (TPSA) is 55.3 Å². The van der Waals surface area contributed by atoms with Gasteiger partial charge in [-0.15, -0.1) is 0 Å². The van der Waals surface area contributed by atoms with Crippen LogP contribution in [-0.2, 0) is 0 Å². The van der Waals surface area contributed by atoms with Gasteiger partial charge < -0.3 is 15.2 Å². The Morgan fingerprint density at radius 3 is 2.65 bits per heavy atom. The normalized spacial score (nSPS) is 17.3. The molecule has 0 saturated carbocycles. The first kappa shape index (κ1) is 10.4. The Bertz CT molecular complexity index is 512. The van der Waals surface area contributed by atoms with E-state index in [1.165, 1.54) is 25.7 Å². The highest BCUT2D eigenvalue weighted by Crippen LogP contribution is 2.30. The fraction of sp³-hybridized carbons (Fsp3) is 0.462. The van der Waals surface area contributed by atoms with E-state index in [4.69, 9.17) is 10.3 Å². The lowest BCUT2D eigenvalue weighted by molar-refractivity contribution is 0.455. The summed E-state index contributed by atoms with van der Waals surface area (Å²) in [5.41, 5.74) is 7.26. The smallest absolute Gasteiger partial charge is 0.191 e. The number of benzene rings is 1. The van der Waals surface area contributed by atoms with Gasteiger partial charge >= 0.3 is 0 Å². The molecular formula is C13H17N3O. The van der Waals surface area contributed by atoms with Gasteiger partial charge in [-0.2, -0.15) is 0 Å². The molecule has 1 aromatic heterocycles. The van der Waals surface area contributed by atoms with Gasteiger partial charge in [0.25, 0.3) is 0 Å². The molecule has 1 fully saturated rings. The Labute approximate surface area is 100 Å². The number of hydrogen-bond donors (Lipinski definition) is 1. The predicted molar refractivity (Wildman–Crippen MR) is 69.1 cm³/mol. The second-order valence-corrected chi connectivity index (χ2v) is 4.63. The molecule has 0 bridgehead atoms. The minimum absolute atomic E-state index is 0.663. The Kier molecular flexibility index (Phi) is 2.63. The van der Waals surface area contributed by atoms with Crippen LogP contribution < -0.4 is 10.6 Å². The maximum atomic E-state index is 5.88. The number of fused-ring (bicyclic) bond motifs is 1. The van der Waals surface area contributed by atoms with Crippen molar-refractivity contribution in [3.63, 3.8) is 0 Å². The molecule has 17 heavy (non-hydrogen) atoms. The SMILES string of the molecule is Nc1cccc2c(N3CCCCCC3)noc12. The molecule has 2 aromatic rings. The van der Waals surface area contributed by atoms with Crippen molar-refractivity contribution in [2.75, 3.05) is 23.7 Å². The van der Waals surface area contributed by atoms with Crippen LogP contribution in [0.25, 0.3) is 11.0 Å². The van der Waals surface area contributed by atoms with Crippen LogP contribution in [0.1, 0.15) is 25.7 Å². The predicted octanol–water partition coefficient (Wildman–Crippen LogP) is 2.79. The van der Waals surface area contributed by atoms with Crippen molar-refractivity contribution >= 4 is 22.5 Å². The van der Waals surface area contributed by atoms with Crippen molar-refractivity contribution in [2.45, 2.75) is 25.7 Å². The van der Waals surface area contributed by atoms with Gasteiger partial charge in [0.1, 0.15) is 0 Å². The lowest BCUT2D eigenvalue weighted by Crippen LogP contribution is -2.24. The molecule has 0 atom stereocenters. The molecule has 90 valence electrons. The molecule has 0 amide bonds. The number of rotatable bonds is 1. The zero-order chi connectivity index (χ0) is 11.7. The Morgan fingerprint density at radius 1 is 1.12 bits per heavy atom. The Morgan fingerprint density at radius 2 is 1.88 bits per heavy atom. The maximum absolute atomic E-state index is 5.88. The van der Waals surface area contributed by atoms with Crippen LogP contribution in [0.15, 0.2) is 22.7 Å².